The zero-order valence-electron chi connectivity index (χ0n) is 26.8. The molecule has 11 rings (SSSR count). The van der Waals surface area contributed by atoms with Gasteiger partial charge in [-0.25, -0.2) is 4.98 Å². The van der Waals surface area contributed by atoms with E-state index in [1.807, 2.05) is 12.3 Å². The van der Waals surface area contributed by atoms with Crippen LogP contribution in [0.2, 0.25) is 0 Å². The molecular weight excluding hydrogens is 611 g/mol. The van der Waals surface area contributed by atoms with Gasteiger partial charge >= 0.3 is 0 Å². The molecule has 0 fully saturated rings. The van der Waals surface area contributed by atoms with Crippen LogP contribution in [0.3, 0.4) is 0 Å². The number of hydrogen-bond donors (Lipinski definition) is 0. The number of rotatable bonds is 3. The lowest BCUT2D eigenvalue weighted by Gasteiger charge is -2.11. The zero-order valence-corrected chi connectivity index (χ0v) is 26.8. The molecule has 0 bridgehead atoms. The van der Waals surface area contributed by atoms with Crippen LogP contribution in [0.5, 0.6) is 0 Å². The number of furan rings is 1. The molecule has 0 aliphatic rings. The van der Waals surface area contributed by atoms with Crippen LogP contribution in [0.15, 0.2) is 168 Å². The molecular formula is C46H27N3O. The van der Waals surface area contributed by atoms with Crippen molar-refractivity contribution >= 4 is 76.3 Å². The highest BCUT2D eigenvalue weighted by molar-refractivity contribution is 6.22. The number of aromatic nitrogens is 3. The molecule has 4 heterocycles. The van der Waals surface area contributed by atoms with Crippen LogP contribution in [0, 0.1) is 0 Å². The predicted molar refractivity (Wildman–Crippen MR) is 207 cm³/mol. The van der Waals surface area contributed by atoms with E-state index in [0.29, 0.717) is 0 Å². The molecule has 0 radical (unpaired) electrons. The number of benzene rings is 7. The van der Waals surface area contributed by atoms with Gasteiger partial charge in [-0.3, -0.25) is 4.98 Å². The summed E-state index contributed by atoms with van der Waals surface area (Å²) in [5, 5.41) is 9.04. The van der Waals surface area contributed by atoms with Gasteiger partial charge in [0.1, 0.15) is 11.2 Å². The summed E-state index contributed by atoms with van der Waals surface area (Å²) in [6, 6.07) is 55.9. The van der Waals surface area contributed by atoms with Crippen molar-refractivity contribution < 1.29 is 4.42 Å². The lowest BCUT2D eigenvalue weighted by Crippen LogP contribution is -1.93. The van der Waals surface area contributed by atoms with E-state index in [1.54, 1.807) is 0 Å². The fourth-order valence-electron chi connectivity index (χ4n) is 7.97. The monoisotopic (exact) mass is 637 g/mol. The van der Waals surface area contributed by atoms with E-state index in [4.69, 9.17) is 14.4 Å². The first-order valence-electron chi connectivity index (χ1n) is 16.9. The van der Waals surface area contributed by atoms with Gasteiger partial charge < -0.3 is 8.98 Å². The van der Waals surface area contributed by atoms with Crippen molar-refractivity contribution in [2.24, 2.45) is 0 Å². The Balaban J connectivity index is 1.12. The Morgan fingerprint density at radius 2 is 1.16 bits per heavy atom. The van der Waals surface area contributed by atoms with E-state index in [1.165, 1.54) is 21.8 Å². The zero-order chi connectivity index (χ0) is 32.8. The molecule has 0 N–H and O–H groups in total. The van der Waals surface area contributed by atoms with Crippen LogP contribution in [-0.2, 0) is 0 Å². The molecule has 7 aromatic carbocycles. The van der Waals surface area contributed by atoms with Gasteiger partial charge in [0, 0.05) is 55.2 Å². The second-order valence-corrected chi connectivity index (χ2v) is 13.0. The molecule has 232 valence electrons. The molecule has 0 unspecified atom stereocenters. The van der Waals surface area contributed by atoms with E-state index in [2.05, 4.69) is 156 Å². The van der Waals surface area contributed by atoms with E-state index < -0.39 is 0 Å². The van der Waals surface area contributed by atoms with Gasteiger partial charge in [-0.2, -0.15) is 0 Å². The fourth-order valence-corrected chi connectivity index (χ4v) is 7.97. The molecule has 0 atom stereocenters. The molecule has 0 amide bonds. The highest BCUT2D eigenvalue weighted by Crippen LogP contribution is 2.43. The predicted octanol–water partition coefficient (Wildman–Crippen LogP) is 12.3. The first-order valence-corrected chi connectivity index (χ1v) is 16.9. The third-order valence-electron chi connectivity index (χ3n) is 10.2. The van der Waals surface area contributed by atoms with Gasteiger partial charge in [-0.1, -0.05) is 109 Å². The third kappa shape index (κ3) is 3.87. The summed E-state index contributed by atoms with van der Waals surface area (Å²) in [4.78, 5) is 9.96. The Labute approximate surface area is 286 Å². The number of para-hydroxylation sites is 2. The molecule has 0 aliphatic heterocycles. The van der Waals surface area contributed by atoms with Crippen LogP contribution in [0.1, 0.15) is 0 Å². The number of hydrogen-bond acceptors (Lipinski definition) is 3. The summed E-state index contributed by atoms with van der Waals surface area (Å²) in [5.74, 6) is 0. The maximum Gasteiger partial charge on any atom is 0.143 e. The summed E-state index contributed by atoms with van der Waals surface area (Å²) < 4.78 is 9.05. The van der Waals surface area contributed by atoms with E-state index in [-0.39, 0.29) is 0 Å². The summed E-state index contributed by atoms with van der Waals surface area (Å²) >= 11 is 0. The van der Waals surface area contributed by atoms with Gasteiger partial charge in [-0.15, -0.1) is 0 Å². The average Bonchev–Trinajstić information content (AvgIpc) is 3.74. The van der Waals surface area contributed by atoms with Crippen molar-refractivity contribution in [3.8, 4) is 28.1 Å². The fraction of sp³-hybridized carbons (Fsp3) is 0. The van der Waals surface area contributed by atoms with Crippen LogP contribution in [-0.4, -0.2) is 14.5 Å². The Hall–Kier alpha value is -6.78. The molecule has 4 heteroatoms. The van der Waals surface area contributed by atoms with Crippen molar-refractivity contribution in [3.05, 3.63) is 164 Å². The topological polar surface area (TPSA) is 43.9 Å². The van der Waals surface area contributed by atoms with E-state index in [0.717, 1.165) is 82.6 Å². The second kappa shape index (κ2) is 10.4. The minimum Gasteiger partial charge on any atom is -0.455 e. The van der Waals surface area contributed by atoms with Crippen LogP contribution in [0.25, 0.3) is 104 Å². The smallest absolute Gasteiger partial charge is 0.143 e. The second-order valence-electron chi connectivity index (χ2n) is 13.0. The minimum absolute atomic E-state index is 0.868. The number of fused-ring (bicyclic) bond motifs is 11. The van der Waals surface area contributed by atoms with Crippen molar-refractivity contribution in [2.45, 2.75) is 0 Å². The van der Waals surface area contributed by atoms with Gasteiger partial charge in [0.2, 0.25) is 0 Å². The third-order valence-corrected chi connectivity index (χ3v) is 10.2. The lowest BCUT2D eigenvalue weighted by molar-refractivity contribution is 0.673. The molecule has 4 aromatic heterocycles. The maximum atomic E-state index is 6.69. The first kappa shape index (κ1) is 27.2. The summed E-state index contributed by atoms with van der Waals surface area (Å²) in [6.45, 7) is 0. The highest BCUT2D eigenvalue weighted by atomic mass is 16.3. The van der Waals surface area contributed by atoms with Crippen molar-refractivity contribution in [1.29, 1.82) is 0 Å². The lowest BCUT2D eigenvalue weighted by atomic mass is 9.94. The quantitative estimate of drug-likeness (QED) is 0.181. The van der Waals surface area contributed by atoms with Crippen molar-refractivity contribution in [1.82, 2.24) is 14.5 Å². The SMILES string of the molecule is c1cnc2c(c1)ccc1ccc(-c3cc4c(oc5cccc(-c6ccc(-n7c8ccccc8c8ccccc87)cc6)c54)c4ccccc34)nc12. The Kier molecular flexibility index (Phi) is 5.63. The van der Waals surface area contributed by atoms with Crippen molar-refractivity contribution in [2.75, 3.05) is 0 Å². The molecule has 0 aliphatic carbocycles. The summed E-state index contributed by atoms with van der Waals surface area (Å²) in [7, 11) is 0. The molecule has 11 aromatic rings. The van der Waals surface area contributed by atoms with Gasteiger partial charge in [-0.05, 0) is 65.0 Å². The van der Waals surface area contributed by atoms with Crippen molar-refractivity contribution in [3.63, 3.8) is 0 Å². The van der Waals surface area contributed by atoms with Gasteiger partial charge in [0.25, 0.3) is 0 Å². The summed E-state index contributed by atoms with van der Waals surface area (Å²) in [5.41, 5.74) is 11.4. The van der Waals surface area contributed by atoms with E-state index in [9.17, 15) is 0 Å². The Morgan fingerprint density at radius 3 is 1.94 bits per heavy atom. The molecule has 0 spiro atoms. The van der Waals surface area contributed by atoms with E-state index >= 15 is 0 Å². The first-order chi connectivity index (χ1) is 24.8. The maximum absolute atomic E-state index is 6.69. The molecule has 0 saturated carbocycles. The molecule has 0 saturated heterocycles. The largest absolute Gasteiger partial charge is 0.455 e. The Morgan fingerprint density at radius 1 is 0.480 bits per heavy atom. The van der Waals surface area contributed by atoms with Gasteiger partial charge in [0.15, 0.2) is 0 Å². The van der Waals surface area contributed by atoms with Crippen LogP contribution >= 0.6 is 0 Å². The average molecular weight is 638 g/mol. The minimum atomic E-state index is 0.868. The van der Waals surface area contributed by atoms with Crippen LogP contribution < -0.4 is 0 Å². The van der Waals surface area contributed by atoms with Crippen LogP contribution in [0.4, 0.5) is 0 Å². The highest BCUT2D eigenvalue weighted by Gasteiger charge is 2.19. The molecule has 50 heavy (non-hydrogen) atoms. The number of nitrogens with zero attached hydrogens (tertiary/aromatic N) is 3. The standard InChI is InChI=1S/C46H27N3O/c1-2-13-36-33(10-1)37(39-25-22-30-19-18-29-9-8-26-47-44(29)45(30)48-39)27-38-43-32(14-7-17-42(43)50-46(36)38)28-20-23-31(24-21-28)49-40-15-5-3-11-34(40)35-12-4-6-16-41(35)49/h1-27H. The Bertz CT molecular complexity index is 3100. The summed E-state index contributed by atoms with van der Waals surface area (Å²) in [6.07, 6.45) is 1.84. The number of pyridine rings is 2. The molecule has 4 nitrogen and oxygen atoms in total. The normalized spacial score (nSPS) is 12.0. The van der Waals surface area contributed by atoms with Gasteiger partial charge in [0.05, 0.1) is 27.8 Å².